The summed E-state index contributed by atoms with van der Waals surface area (Å²) in [5.41, 5.74) is 14.5. The smallest absolute Gasteiger partial charge is 0.216 e. The Morgan fingerprint density at radius 3 is 2.37 bits per heavy atom. The van der Waals surface area contributed by atoms with E-state index in [1.54, 1.807) is 18.2 Å². The monoisotopic (exact) mass is 982 g/mol. The van der Waals surface area contributed by atoms with E-state index in [0.717, 1.165) is 62.1 Å². The summed E-state index contributed by atoms with van der Waals surface area (Å²) in [7, 11) is -1.34. The number of pyridine rings is 2. The summed E-state index contributed by atoms with van der Waals surface area (Å²) < 4.78 is 31.4. The Morgan fingerprint density at radius 1 is 0.817 bits per heavy atom. The molecule has 9 aromatic rings. The Hall–Kier alpha value is -5.46. The van der Waals surface area contributed by atoms with Gasteiger partial charge in [0, 0.05) is 52.6 Å². The van der Waals surface area contributed by atoms with Crippen molar-refractivity contribution in [3.8, 4) is 39.5 Å². The summed E-state index contributed by atoms with van der Waals surface area (Å²) in [5, 5.41) is 3.08. The molecular formula is C53H50IrN4OSi-2. The van der Waals surface area contributed by atoms with Crippen molar-refractivity contribution in [1.29, 1.82) is 0 Å². The quantitative estimate of drug-likeness (QED) is 0.123. The molecule has 0 fully saturated rings. The third kappa shape index (κ3) is 7.38. The van der Waals surface area contributed by atoms with Crippen LogP contribution in [-0.4, -0.2) is 27.6 Å². The van der Waals surface area contributed by atoms with Crippen molar-refractivity contribution in [2.24, 2.45) is 5.92 Å². The molecule has 1 radical (unpaired) electrons. The van der Waals surface area contributed by atoms with Gasteiger partial charge in [-0.25, -0.2) is 4.98 Å². The topological polar surface area (TPSA) is 56.7 Å². The molecule has 5 nitrogen and oxygen atoms in total. The van der Waals surface area contributed by atoms with Gasteiger partial charge in [0.25, 0.3) is 0 Å². The van der Waals surface area contributed by atoms with Crippen LogP contribution in [0, 0.1) is 31.8 Å². The average Bonchev–Trinajstić information content (AvgIpc) is 3.87. The van der Waals surface area contributed by atoms with Crippen molar-refractivity contribution in [2.75, 3.05) is 0 Å². The molecule has 0 aliphatic heterocycles. The molecule has 4 aromatic heterocycles. The molecule has 0 saturated carbocycles. The Labute approximate surface area is 372 Å². The number of hydrogen-bond donors (Lipinski definition) is 0. The molecule has 0 saturated heterocycles. The largest absolute Gasteiger partial charge is 0.486 e. The zero-order valence-corrected chi connectivity index (χ0v) is 38.8. The second-order valence-corrected chi connectivity index (χ2v) is 22.8. The average molecular weight is 982 g/mol. The number of furan rings is 1. The van der Waals surface area contributed by atoms with Crippen molar-refractivity contribution < 1.29 is 28.6 Å². The van der Waals surface area contributed by atoms with Gasteiger partial charge < -0.3 is 14.0 Å². The first-order valence-corrected chi connectivity index (χ1v) is 23.9. The zero-order valence-electron chi connectivity index (χ0n) is 38.4. The van der Waals surface area contributed by atoms with E-state index in [-0.39, 0.29) is 31.2 Å². The fourth-order valence-corrected chi connectivity index (χ4v) is 10.3. The van der Waals surface area contributed by atoms with Crippen LogP contribution in [0.1, 0.15) is 59.8 Å². The molecular weight excluding hydrogens is 929 g/mol. The van der Waals surface area contributed by atoms with Gasteiger partial charge in [0.15, 0.2) is 0 Å². The van der Waals surface area contributed by atoms with Gasteiger partial charge in [0.05, 0.1) is 30.5 Å². The predicted molar refractivity (Wildman–Crippen MR) is 247 cm³/mol. The molecule has 1 aliphatic rings. The maximum absolute atomic E-state index is 7.73. The summed E-state index contributed by atoms with van der Waals surface area (Å²) in [6.45, 7) is 16.2. The van der Waals surface area contributed by atoms with Gasteiger partial charge in [0.1, 0.15) is 0 Å². The molecule has 303 valence electrons. The molecule has 1 aliphatic carbocycles. The first-order valence-electron chi connectivity index (χ1n) is 21.9. The number of benzene rings is 5. The number of rotatable bonds is 6. The van der Waals surface area contributed by atoms with E-state index >= 15 is 0 Å². The molecule has 4 heterocycles. The predicted octanol–water partition coefficient (Wildman–Crippen LogP) is 13.0. The van der Waals surface area contributed by atoms with Gasteiger partial charge in [-0.2, -0.15) is 0 Å². The van der Waals surface area contributed by atoms with E-state index in [4.69, 9.17) is 13.5 Å². The fraction of sp³-hybridized carbons (Fsp3) is 0.226. The van der Waals surface area contributed by atoms with Crippen LogP contribution in [0.2, 0.25) is 19.6 Å². The summed E-state index contributed by atoms with van der Waals surface area (Å²) in [5.74, 6) is 1.44. The van der Waals surface area contributed by atoms with Crippen LogP contribution in [0.5, 0.6) is 0 Å². The number of fused-ring (bicyclic) bond motifs is 7. The number of aryl methyl sites for hydroxylation is 2. The minimum Gasteiger partial charge on any atom is -0.486 e. The minimum atomic E-state index is -2.31. The van der Waals surface area contributed by atoms with Gasteiger partial charge in [-0.3, -0.25) is 4.98 Å². The van der Waals surface area contributed by atoms with Crippen LogP contribution >= 0.6 is 0 Å². The normalized spacial score (nSPS) is 13.9. The van der Waals surface area contributed by atoms with Crippen LogP contribution in [0.15, 0.2) is 126 Å². The number of imidazole rings is 1. The summed E-state index contributed by atoms with van der Waals surface area (Å²) in [4.78, 5) is 14.1. The Kier molecular flexibility index (Phi) is 9.92. The van der Waals surface area contributed by atoms with Crippen molar-refractivity contribution in [3.63, 3.8) is 0 Å². The van der Waals surface area contributed by atoms with Crippen molar-refractivity contribution in [2.45, 2.75) is 72.9 Å². The van der Waals surface area contributed by atoms with Crippen LogP contribution in [-0.2, 0) is 31.9 Å². The molecule has 0 unspecified atom stereocenters. The summed E-state index contributed by atoms with van der Waals surface area (Å²) in [6, 6.07) is 45.6. The number of para-hydroxylation sites is 2. The van der Waals surface area contributed by atoms with Gasteiger partial charge in [0.2, 0.25) is 5.71 Å². The number of hydrogen-bond acceptors (Lipinski definition) is 4. The molecule has 10 rings (SSSR count). The van der Waals surface area contributed by atoms with Crippen LogP contribution in [0.25, 0.3) is 72.6 Å². The van der Waals surface area contributed by atoms with Crippen molar-refractivity contribution in [1.82, 2.24) is 19.5 Å². The molecule has 0 bridgehead atoms. The van der Waals surface area contributed by atoms with E-state index < -0.39 is 14.9 Å². The number of nitrogens with zero attached hydrogens (tertiary/aromatic N) is 4. The molecule has 60 heavy (non-hydrogen) atoms. The van der Waals surface area contributed by atoms with Gasteiger partial charge in [-0.15, -0.1) is 59.7 Å². The van der Waals surface area contributed by atoms with Crippen molar-refractivity contribution >= 4 is 46.4 Å². The van der Waals surface area contributed by atoms with E-state index in [2.05, 4.69) is 142 Å². The van der Waals surface area contributed by atoms with Crippen LogP contribution in [0.4, 0.5) is 0 Å². The van der Waals surface area contributed by atoms with E-state index in [1.165, 1.54) is 33.0 Å². The Morgan fingerprint density at radius 2 is 1.60 bits per heavy atom. The maximum Gasteiger partial charge on any atom is 0.216 e. The summed E-state index contributed by atoms with van der Waals surface area (Å²) in [6.07, 6.45) is 3.24. The SMILES string of the molecule is CC(C)Cc1cc(-c2[c-]cccc2)ncc1[Si](C)(C)C.[2H]C([2H])([2H])c1ccc2c(n1)oc1c[c-]c(-c3nc4ccccc4n3-c3cc4c(cc3C)-c3ccccc3C4(C)C)cc12.[Ir]. The van der Waals surface area contributed by atoms with Crippen LogP contribution < -0.4 is 5.19 Å². The minimum absolute atomic E-state index is 0. The second-order valence-electron chi connectivity index (χ2n) is 17.7. The second kappa shape index (κ2) is 15.9. The Balaban J connectivity index is 0.000000219. The standard InChI is InChI=1S/C35H26N3O.C18H24NSi.Ir/c1-20-17-25-23-9-5-6-10-27(23)35(3,4)28(25)19-31(20)38-30-12-8-7-11-29(30)37-33(38)22-14-16-32-26(18-22)24-15-13-21(2)36-34(24)39-32;1-14(2)11-16-12-17(15-9-7-6-8-10-15)19-13-18(16)20(3,4)5;/h5-13,15-19H,1-4H3;6-9,12-14H,11H2,1-5H3;/q2*-1;/i2D3;;. The molecule has 0 N–H and O–H groups in total. The van der Waals surface area contributed by atoms with E-state index in [1.807, 2.05) is 42.5 Å². The summed E-state index contributed by atoms with van der Waals surface area (Å²) >= 11 is 0. The zero-order chi connectivity index (χ0) is 43.7. The molecule has 0 atom stereocenters. The molecule has 5 aromatic carbocycles. The van der Waals surface area contributed by atoms with Gasteiger partial charge in [-0.05, 0) is 101 Å². The molecule has 7 heteroatoms. The fourth-order valence-electron chi connectivity index (χ4n) is 8.75. The third-order valence-corrected chi connectivity index (χ3v) is 13.7. The van der Waals surface area contributed by atoms with Gasteiger partial charge in [-0.1, -0.05) is 101 Å². The van der Waals surface area contributed by atoms with Crippen LogP contribution in [0.3, 0.4) is 0 Å². The first kappa shape index (κ1) is 37.5. The first-order chi connectivity index (χ1) is 29.5. The van der Waals surface area contributed by atoms with Crippen molar-refractivity contribution in [3.05, 3.63) is 162 Å². The molecule has 0 amide bonds. The maximum atomic E-state index is 7.73. The van der Waals surface area contributed by atoms with Gasteiger partial charge >= 0.3 is 0 Å². The van der Waals surface area contributed by atoms with E-state index in [9.17, 15) is 0 Å². The third-order valence-electron chi connectivity index (χ3n) is 11.6. The van der Waals surface area contributed by atoms with E-state index in [0.29, 0.717) is 17.2 Å². The number of aromatic nitrogens is 4. The molecule has 0 spiro atoms. The Bertz CT molecular complexity index is 3160.